The molecule has 0 saturated heterocycles. The van der Waals surface area contributed by atoms with Crippen LogP contribution in [0.1, 0.15) is 48.7 Å². The van der Waals surface area contributed by atoms with Crippen LogP contribution in [0.3, 0.4) is 0 Å². The van der Waals surface area contributed by atoms with Gasteiger partial charge in [-0.05, 0) is 58.2 Å². The molecule has 2 aliphatic rings. The van der Waals surface area contributed by atoms with Crippen molar-refractivity contribution in [2.45, 2.75) is 39.0 Å². The maximum Gasteiger partial charge on any atom is 0.385 e. The van der Waals surface area contributed by atoms with Gasteiger partial charge in [0.05, 0.1) is 5.56 Å². The van der Waals surface area contributed by atoms with Crippen LogP contribution >= 0.6 is 0 Å². The van der Waals surface area contributed by atoms with E-state index >= 15 is 0 Å². The van der Waals surface area contributed by atoms with E-state index in [9.17, 15) is 9.59 Å². The third-order valence-electron chi connectivity index (χ3n) is 5.56. The fraction of sp³-hybridized carbons (Fsp3) is 0.368. The average Bonchev–Trinajstić information content (AvgIpc) is 2.75. The number of ketones is 1. The summed E-state index contributed by atoms with van der Waals surface area (Å²) in [6, 6.07) is 7.90. The number of rotatable bonds is 0. The Hall–Kier alpha value is -2.16. The summed E-state index contributed by atoms with van der Waals surface area (Å²) in [5.74, 6) is -0.318. The molecule has 0 amide bonds. The summed E-state index contributed by atoms with van der Waals surface area (Å²) in [6.07, 6.45) is 2.26. The predicted molar refractivity (Wildman–Crippen MR) is 84.4 cm³/mol. The first-order valence-electron chi connectivity index (χ1n) is 7.76. The molecule has 112 valence electrons. The number of hydrogen-bond acceptors (Lipinski definition) is 3. The van der Waals surface area contributed by atoms with Crippen molar-refractivity contribution in [3.63, 3.8) is 0 Å². The maximum absolute atomic E-state index is 11.8. The molecule has 0 bridgehead atoms. The molecule has 3 heteroatoms. The second kappa shape index (κ2) is 4.19. The maximum atomic E-state index is 11.8. The molecule has 0 N–H and O–H groups in total. The summed E-state index contributed by atoms with van der Waals surface area (Å²) in [5.41, 5.74) is 3.15. The number of aryl methyl sites for hydroxylation is 1. The zero-order valence-electron chi connectivity index (χ0n) is 13.0. The van der Waals surface area contributed by atoms with Gasteiger partial charge in [-0.3, -0.25) is 4.79 Å². The van der Waals surface area contributed by atoms with Gasteiger partial charge >= 0.3 is 5.97 Å². The molecule has 1 aliphatic carbocycles. The summed E-state index contributed by atoms with van der Waals surface area (Å²) in [7, 11) is 0. The topological polar surface area (TPSA) is 43.4 Å². The largest absolute Gasteiger partial charge is 0.420 e. The lowest BCUT2D eigenvalue weighted by Gasteiger charge is -2.39. The summed E-state index contributed by atoms with van der Waals surface area (Å²) >= 11 is 0. The second-order valence-corrected chi connectivity index (χ2v) is 7.05. The van der Waals surface area contributed by atoms with E-state index in [0.717, 1.165) is 17.2 Å². The van der Waals surface area contributed by atoms with Crippen molar-refractivity contribution in [2.75, 3.05) is 0 Å². The third kappa shape index (κ3) is 1.62. The molecule has 1 atom stereocenters. The Labute approximate surface area is 129 Å². The van der Waals surface area contributed by atoms with Crippen molar-refractivity contribution in [1.29, 1.82) is 0 Å². The van der Waals surface area contributed by atoms with Crippen LogP contribution in [-0.4, -0.2) is 11.8 Å². The molecule has 2 aromatic rings. The van der Waals surface area contributed by atoms with Crippen molar-refractivity contribution in [1.82, 2.24) is 0 Å². The minimum absolute atomic E-state index is 0.0634. The van der Waals surface area contributed by atoms with Gasteiger partial charge in [0.1, 0.15) is 5.75 Å². The lowest BCUT2D eigenvalue weighted by atomic mass is 9.65. The van der Waals surface area contributed by atoms with Crippen LogP contribution in [0.15, 0.2) is 24.3 Å². The van der Waals surface area contributed by atoms with Gasteiger partial charge < -0.3 is 4.74 Å². The standard InChI is InChI=1S/C19H18O3/c1-10-4-5-11-6-7-12-8-14-15(22-18(21)17(14)20)9-13(12)16(11)19(10,2)3/h6-10H,4-5H2,1-3H3. The summed E-state index contributed by atoms with van der Waals surface area (Å²) in [5, 5.41) is 2.11. The molecule has 2 aromatic carbocycles. The molecule has 0 fully saturated rings. The minimum Gasteiger partial charge on any atom is -0.420 e. The minimum atomic E-state index is -0.771. The quantitative estimate of drug-likeness (QED) is 0.421. The molecular weight excluding hydrogens is 276 g/mol. The second-order valence-electron chi connectivity index (χ2n) is 7.05. The highest BCUT2D eigenvalue weighted by Crippen LogP contribution is 2.45. The van der Waals surface area contributed by atoms with Crippen LogP contribution in [0.5, 0.6) is 5.75 Å². The average molecular weight is 294 g/mol. The first-order valence-corrected chi connectivity index (χ1v) is 7.76. The molecule has 0 radical (unpaired) electrons. The van der Waals surface area contributed by atoms with E-state index in [1.807, 2.05) is 6.07 Å². The highest BCUT2D eigenvalue weighted by atomic mass is 16.5. The number of carbonyl (C=O) groups excluding carboxylic acids is 2. The number of hydrogen-bond donors (Lipinski definition) is 0. The van der Waals surface area contributed by atoms with Crippen LogP contribution in [-0.2, 0) is 16.6 Å². The Bertz CT molecular complexity index is 845. The number of ether oxygens (including phenoxy) is 1. The van der Waals surface area contributed by atoms with Crippen molar-refractivity contribution in [3.8, 4) is 5.75 Å². The number of benzene rings is 2. The summed E-state index contributed by atoms with van der Waals surface area (Å²) < 4.78 is 5.12. The van der Waals surface area contributed by atoms with Crippen molar-refractivity contribution < 1.29 is 14.3 Å². The van der Waals surface area contributed by atoms with Crippen LogP contribution in [0, 0.1) is 5.92 Å². The van der Waals surface area contributed by atoms with E-state index in [4.69, 9.17) is 4.74 Å². The number of carbonyl (C=O) groups is 2. The molecule has 1 aliphatic heterocycles. The zero-order chi connectivity index (χ0) is 15.6. The lowest BCUT2D eigenvalue weighted by Crippen LogP contribution is -2.32. The molecule has 0 saturated carbocycles. The fourth-order valence-electron chi connectivity index (χ4n) is 3.86. The Morgan fingerprint density at radius 3 is 2.73 bits per heavy atom. The number of fused-ring (bicyclic) bond motifs is 4. The van der Waals surface area contributed by atoms with E-state index in [0.29, 0.717) is 17.2 Å². The van der Waals surface area contributed by atoms with Gasteiger partial charge in [0.2, 0.25) is 0 Å². The van der Waals surface area contributed by atoms with Crippen LogP contribution < -0.4 is 4.74 Å². The SMILES string of the molecule is CC1CCc2ccc3cc4c(cc3c2C1(C)C)OC(=O)C4=O. The monoisotopic (exact) mass is 294 g/mol. The van der Waals surface area contributed by atoms with E-state index in [1.165, 1.54) is 17.5 Å². The molecule has 4 rings (SSSR count). The van der Waals surface area contributed by atoms with Gasteiger partial charge in [-0.2, -0.15) is 0 Å². The fourth-order valence-corrected chi connectivity index (χ4v) is 3.86. The van der Waals surface area contributed by atoms with Gasteiger partial charge in [-0.1, -0.05) is 32.9 Å². The predicted octanol–water partition coefficient (Wildman–Crippen LogP) is 3.80. The normalized spacial score (nSPS) is 22.4. The highest BCUT2D eigenvalue weighted by Gasteiger charge is 2.37. The molecule has 3 nitrogen and oxygen atoms in total. The number of Topliss-reactive ketones (excluding diaryl/α,β-unsaturated/α-hetero) is 1. The summed E-state index contributed by atoms with van der Waals surface area (Å²) in [4.78, 5) is 23.3. The molecule has 1 unspecified atom stereocenters. The number of esters is 1. The zero-order valence-corrected chi connectivity index (χ0v) is 13.0. The van der Waals surface area contributed by atoms with E-state index < -0.39 is 11.8 Å². The first kappa shape index (κ1) is 13.5. The van der Waals surface area contributed by atoms with Crippen LogP contribution in [0.4, 0.5) is 0 Å². The lowest BCUT2D eigenvalue weighted by molar-refractivity contribution is -0.128. The van der Waals surface area contributed by atoms with Gasteiger partial charge in [0.15, 0.2) is 0 Å². The van der Waals surface area contributed by atoms with Crippen LogP contribution in [0.25, 0.3) is 10.8 Å². The van der Waals surface area contributed by atoms with Gasteiger partial charge in [-0.15, -0.1) is 0 Å². The van der Waals surface area contributed by atoms with Gasteiger partial charge in [0, 0.05) is 0 Å². The Kier molecular flexibility index (Phi) is 2.57. The molecular formula is C19H18O3. The van der Waals surface area contributed by atoms with Gasteiger partial charge in [-0.25, -0.2) is 4.79 Å². The Morgan fingerprint density at radius 2 is 1.95 bits per heavy atom. The Balaban J connectivity index is 2.05. The first-order chi connectivity index (χ1) is 10.4. The van der Waals surface area contributed by atoms with Crippen molar-refractivity contribution >= 4 is 22.5 Å². The van der Waals surface area contributed by atoms with Crippen molar-refractivity contribution in [3.05, 3.63) is 41.0 Å². The van der Waals surface area contributed by atoms with Crippen LogP contribution in [0.2, 0.25) is 0 Å². The van der Waals surface area contributed by atoms with E-state index in [2.05, 4.69) is 32.9 Å². The molecule has 0 spiro atoms. The smallest absolute Gasteiger partial charge is 0.385 e. The Morgan fingerprint density at radius 1 is 1.18 bits per heavy atom. The summed E-state index contributed by atoms with van der Waals surface area (Å²) in [6.45, 7) is 6.84. The van der Waals surface area contributed by atoms with E-state index in [-0.39, 0.29) is 5.41 Å². The molecule has 0 aromatic heterocycles. The van der Waals surface area contributed by atoms with E-state index in [1.54, 1.807) is 6.07 Å². The van der Waals surface area contributed by atoms with Gasteiger partial charge in [0.25, 0.3) is 5.78 Å². The highest BCUT2D eigenvalue weighted by molar-refractivity contribution is 6.44. The molecule has 22 heavy (non-hydrogen) atoms. The van der Waals surface area contributed by atoms with Crippen molar-refractivity contribution in [2.24, 2.45) is 5.92 Å². The third-order valence-corrected chi connectivity index (χ3v) is 5.56. The molecule has 1 heterocycles.